The first-order valence-corrected chi connectivity index (χ1v) is 3.87. The third kappa shape index (κ3) is 5.27. The van der Waals surface area contributed by atoms with Gasteiger partial charge in [0.25, 0.3) is 0 Å². The summed E-state index contributed by atoms with van der Waals surface area (Å²) in [7, 11) is 0. The molecule has 1 aromatic carbocycles. The van der Waals surface area contributed by atoms with E-state index in [1.807, 2.05) is 0 Å². The molecule has 0 atom stereocenters. The number of ether oxygens (including phenoxy) is 2. The number of alkyl halides is 6. The van der Waals surface area contributed by atoms with Crippen LogP contribution < -0.4 is 9.47 Å². The predicted molar refractivity (Wildman–Crippen MR) is 39.8 cm³/mol. The summed E-state index contributed by atoms with van der Waals surface area (Å²) in [6.07, 6.45) is -10.3. The third-order valence-corrected chi connectivity index (χ3v) is 1.31. The third-order valence-electron chi connectivity index (χ3n) is 1.31. The number of benzene rings is 1. The van der Waals surface area contributed by atoms with Gasteiger partial charge in [-0.1, -0.05) is 0 Å². The molecule has 1 aromatic rings. The van der Waals surface area contributed by atoms with E-state index in [0.29, 0.717) is 0 Å². The van der Waals surface area contributed by atoms with Gasteiger partial charge in [0.15, 0.2) is 0 Å². The molecular weight excluding hydrogens is 261 g/mol. The zero-order chi connectivity index (χ0) is 13.3. The highest BCUT2D eigenvalue weighted by Crippen LogP contribution is 2.30. The minimum atomic E-state index is -5.14. The van der Waals surface area contributed by atoms with E-state index in [0.717, 1.165) is 0 Å². The maximum atomic E-state index is 12.7. The Morgan fingerprint density at radius 2 is 1.06 bits per heavy atom. The number of hydrogen-bond acceptors (Lipinski definition) is 2. The summed E-state index contributed by atoms with van der Waals surface area (Å²) in [6.45, 7) is 0. The van der Waals surface area contributed by atoms with Crippen LogP contribution in [0.2, 0.25) is 0 Å². The Hall–Kier alpha value is -1.67. The summed E-state index contributed by atoms with van der Waals surface area (Å²) < 4.78 is 89.6. The lowest BCUT2D eigenvalue weighted by molar-refractivity contribution is -0.276. The first kappa shape index (κ1) is 13.4. The fourth-order valence-electron chi connectivity index (χ4n) is 0.922. The fraction of sp³-hybridized carbons (Fsp3) is 0.250. The molecular formula is C8H3F7O2. The Bertz CT molecular complexity index is 362. The molecule has 0 bridgehead atoms. The second kappa shape index (κ2) is 4.30. The van der Waals surface area contributed by atoms with Gasteiger partial charge in [0.1, 0.15) is 17.3 Å². The molecule has 0 amide bonds. The van der Waals surface area contributed by atoms with E-state index in [1.165, 1.54) is 0 Å². The van der Waals surface area contributed by atoms with Crippen molar-refractivity contribution in [2.24, 2.45) is 0 Å². The van der Waals surface area contributed by atoms with Crippen LogP contribution in [0.5, 0.6) is 11.5 Å². The lowest BCUT2D eigenvalue weighted by Gasteiger charge is -2.12. The minimum absolute atomic E-state index is 0.268. The summed E-state index contributed by atoms with van der Waals surface area (Å²) in [5.74, 6) is -3.64. The summed E-state index contributed by atoms with van der Waals surface area (Å²) in [4.78, 5) is 0. The maximum absolute atomic E-state index is 12.7. The van der Waals surface area contributed by atoms with Crippen LogP contribution in [0.25, 0.3) is 0 Å². The topological polar surface area (TPSA) is 18.5 Å². The summed E-state index contributed by atoms with van der Waals surface area (Å²) in [6, 6.07) is 0.817. The Kier molecular flexibility index (Phi) is 3.39. The first-order chi connectivity index (χ1) is 7.55. The molecule has 9 heteroatoms. The average molecular weight is 264 g/mol. The van der Waals surface area contributed by atoms with Gasteiger partial charge in [-0.3, -0.25) is 0 Å². The van der Waals surface area contributed by atoms with E-state index in [1.54, 1.807) is 0 Å². The van der Waals surface area contributed by atoms with Gasteiger partial charge >= 0.3 is 12.7 Å². The average Bonchev–Trinajstić information content (AvgIpc) is 1.93. The summed E-state index contributed by atoms with van der Waals surface area (Å²) in [5, 5.41) is 0. The van der Waals surface area contributed by atoms with Crippen molar-refractivity contribution in [3.63, 3.8) is 0 Å². The van der Waals surface area contributed by atoms with Crippen molar-refractivity contribution in [3.05, 3.63) is 24.0 Å². The first-order valence-electron chi connectivity index (χ1n) is 3.87. The van der Waals surface area contributed by atoms with Crippen LogP contribution in [-0.4, -0.2) is 12.7 Å². The van der Waals surface area contributed by atoms with Crippen LogP contribution >= 0.6 is 0 Å². The molecule has 0 aliphatic carbocycles. The molecule has 0 N–H and O–H groups in total. The highest BCUT2D eigenvalue weighted by molar-refractivity contribution is 5.34. The van der Waals surface area contributed by atoms with E-state index in [9.17, 15) is 30.7 Å². The summed E-state index contributed by atoms with van der Waals surface area (Å²) >= 11 is 0. The second-order valence-corrected chi connectivity index (χ2v) is 2.72. The largest absolute Gasteiger partial charge is 0.573 e. The highest BCUT2D eigenvalue weighted by atomic mass is 19.4. The van der Waals surface area contributed by atoms with Crippen molar-refractivity contribution in [2.75, 3.05) is 0 Å². The van der Waals surface area contributed by atoms with Crippen LogP contribution in [0.4, 0.5) is 30.7 Å². The van der Waals surface area contributed by atoms with Crippen LogP contribution in [0, 0.1) is 5.82 Å². The van der Waals surface area contributed by atoms with Crippen molar-refractivity contribution < 1.29 is 40.2 Å². The molecule has 2 nitrogen and oxygen atoms in total. The van der Waals surface area contributed by atoms with Crippen LogP contribution in [0.1, 0.15) is 0 Å². The van der Waals surface area contributed by atoms with Gasteiger partial charge < -0.3 is 9.47 Å². The minimum Gasteiger partial charge on any atom is -0.406 e. The quantitative estimate of drug-likeness (QED) is 0.759. The van der Waals surface area contributed by atoms with Crippen molar-refractivity contribution in [3.8, 4) is 11.5 Å². The molecule has 17 heavy (non-hydrogen) atoms. The lowest BCUT2D eigenvalue weighted by atomic mass is 10.3. The highest BCUT2D eigenvalue weighted by Gasteiger charge is 2.33. The van der Waals surface area contributed by atoms with Crippen LogP contribution in [0.15, 0.2) is 18.2 Å². The second-order valence-electron chi connectivity index (χ2n) is 2.72. The van der Waals surface area contributed by atoms with Crippen molar-refractivity contribution in [1.29, 1.82) is 0 Å². The monoisotopic (exact) mass is 264 g/mol. The van der Waals surface area contributed by atoms with Gasteiger partial charge in [-0.2, -0.15) is 0 Å². The zero-order valence-corrected chi connectivity index (χ0v) is 7.69. The molecule has 0 aliphatic rings. The molecule has 0 aromatic heterocycles. The van der Waals surface area contributed by atoms with Crippen molar-refractivity contribution >= 4 is 0 Å². The molecule has 0 unspecified atom stereocenters. The Labute approximate surface area is 89.5 Å². The molecule has 96 valence electrons. The molecule has 0 saturated carbocycles. The molecule has 0 radical (unpaired) electrons. The van der Waals surface area contributed by atoms with Gasteiger partial charge in [0.05, 0.1) is 0 Å². The molecule has 0 saturated heterocycles. The Balaban J connectivity index is 2.95. The molecule has 0 spiro atoms. The molecule has 0 fully saturated rings. The maximum Gasteiger partial charge on any atom is 0.573 e. The van der Waals surface area contributed by atoms with E-state index in [2.05, 4.69) is 9.47 Å². The Morgan fingerprint density at radius 3 is 1.35 bits per heavy atom. The van der Waals surface area contributed by atoms with E-state index < -0.39 is 30.0 Å². The molecule has 0 heterocycles. The predicted octanol–water partition coefficient (Wildman–Crippen LogP) is 3.62. The van der Waals surface area contributed by atoms with E-state index >= 15 is 0 Å². The molecule has 1 rings (SSSR count). The Morgan fingerprint density at radius 1 is 0.706 bits per heavy atom. The lowest BCUT2D eigenvalue weighted by Crippen LogP contribution is -2.19. The number of hydrogen-bond donors (Lipinski definition) is 0. The zero-order valence-electron chi connectivity index (χ0n) is 7.69. The standard InChI is InChI=1S/C8H3F7O2/c9-4-1-5(16-7(10,11)12)3-6(2-4)17-8(13,14)15/h1-3H. The number of halogens is 7. The van der Waals surface area contributed by atoms with Crippen LogP contribution in [0.3, 0.4) is 0 Å². The SMILES string of the molecule is Fc1cc(OC(F)(F)F)cc(OC(F)(F)F)c1. The molecule has 0 aliphatic heterocycles. The van der Waals surface area contributed by atoms with Gasteiger partial charge in [-0.15, -0.1) is 26.3 Å². The smallest absolute Gasteiger partial charge is 0.406 e. The van der Waals surface area contributed by atoms with Crippen LogP contribution in [-0.2, 0) is 0 Å². The van der Waals surface area contributed by atoms with Crippen molar-refractivity contribution in [1.82, 2.24) is 0 Å². The van der Waals surface area contributed by atoms with Gasteiger partial charge in [0.2, 0.25) is 0 Å². The van der Waals surface area contributed by atoms with Gasteiger partial charge in [-0.05, 0) is 0 Å². The van der Waals surface area contributed by atoms with E-state index in [-0.39, 0.29) is 18.2 Å². The van der Waals surface area contributed by atoms with Gasteiger partial charge in [0, 0.05) is 18.2 Å². The van der Waals surface area contributed by atoms with Gasteiger partial charge in [-0.25, -0.2) is 4.39 Å². The van der Waals surface area contributed by atoms with E-state index in [4.69, 9.17) is 0 Å². The summed E-state index contributed by atoms with van der Waals surface area (Å²) in [5.41, 5.74) is 0. The fourth-order valence-corrected chi connectivity index (χ4v) is 0.922. The normalized spacial score (nSPS) is 12.4. The number of rotatable bonds is 2. The van der Waals surface area contributed by atoms with Crippen molar-refractivity contribution in [2.45, 2.75) is 12.7 Å².